The van der Waals surface area contributed by atoms with E-state index < -0.39 is 10.0 Å². The van der Waals surface area contributed by atoms with E-state index in [9.17, 15) is 8.42 Å². The summed E-state index contributed by atoms with van der Waals surface area (Å²) in [6, 6.07) is 7.90. The first-order valence-corrected chi connectivity index (χ1v) is 8.46. The SMILES string of the molecule is NS(=O)(=O)c1ccc2nc(-c3cc(Cl)c4c(c3)OCO4)[nH]c2c1. The van der Waals surface area contributed by atoms with Crippen LogP contribution in [0.15, 0.2) is 35.2 Å². The lowest BCUT2D eigenvalue weighted by atomic mass is 10.2. The fraction of sp³-hybridized carbons (Fsp3) is 0.0714. The van der Waals surface area contributed by atoms with Crippen molar-refractivity contribution in [2.75, 3.05) is 6.79 Å². The van der Waals surface area contributed by atoms with Gasteiger partial charge in [-0.2, -0.15) is 0 Å². The molecule has 0 radical (unpaired) electrons. The molecule has 1 aromatic heterocycles. The number of fused-ring (bicyclic) bond motifs is 2. The van der Waals surface area contributed by atoms with Gasteiger partial charge in [0.2, 0.25) is 16.8 Å². The van der Waals surface area contributed by atoms with E-state index in [4.69, 9.17) is 26.2 Å². The van der Waals surface area contributed by atoms with E-state index in [0.717, 1.165) is 0 Å². The van der Waals surface area contributed by atoms with E-state index in [1.54, 1.807) is 18.2 Å². The van der Waals surface area contributed by atoms with E-state index in [-0.39, 0.29) is 11.7 Å². The van der Waals surface area contributed by atoms with Gasteiger partial charge in [-0.05, 0) is 30.3 Å². The molecule has 118 valence electrons. The molecule has 0 amide bonds. The molecule has 0 unspecified atom stereocenters. The summed E-state index contributed by atoms with van der Waals surface area (Å²) < 4.78 is 33.4. The van der Waals surface area contributed by atoms with Crippen molar-refractivity contribution in [3.63, 3.8) is 0 Å². The van der Waals surface area contributed by atoms with Crippen molar-refractivity contribution in [1.82, 2.24) is 9.97 Å². The van der Waals surface area contributed by atoms with Crippen LogP contribution in [0.25, 0.3) is 22.4 Å². The Labute approximate surface area is 136 Å². The second-order valence-electron chi connectivity index (χ2n) is 5.00. The topological polar surface area (TPSA) is 107 Å². The van der Waals surface area contributed by atoms with Crippen LogP contribution in [0.2, 0.25) is 5.02 Å². The molecular weight excluding hydrogens is 342 g/mol. The van der Waals surface area contributed by atoms with Crippen LogP contribution in [0.5, 0.6) is 11.5 Å². The van der Waals surface area contributed by atoms with Crippen LogP contribution in [0.3, 0.4) is 0 Å². The highest BCUT2D eigenvalue weighted by Gasteiger charge is 2.20. The number of nitrogens with zero attached hydrogens (tertiary/aromatic N) is 1. The van der Waals surface area contributed by atoms with E-state index in [1.807, 2.05) is 0 Å². The molecule has 2 heterocycles. The molecule has 3 N–H and O–H groups in total. The molecule has 0 fully saturated rings. The third-order valence-electron chi connectivity index (χ3n) is 3.48. The fourth-order valence-electron chi connectivity index (χ4n) is 2.41. The first kappa shape index (κ1) is 14.3. The third-order valence-corrected chi connectivity index (χ3v) is 4.67. The predicted molar refractivity (Wildman–Crippen MR) is 84.0 cm³/mol. The Morgan fingerprint density at radius 2 is 2.04 bits per heavy atom. The monoisotopic (exact) mass is 351 g/mol. The normalized spacial score (nSPS) is 13.7. The Morgan fingerprint density at radius 3 is 2.83 bits per heavy atom. The average Bonchev–Trinajstić information content (AvgIpc) is 3.11. The second kappa shape index (κ2) is 4.85. The molecule has 0 atom stereocenters. The minimum Gasteiger partial charge on any atom is -0.454 e. The number of H-pyrrole nitrogens is 1. The van der Waals surface area contributed by atoms with Crippen LogP contribution in [-0.2, 0) is 10.0 Å². The Kier molecular flexibility index (Phi) is 3.02. The molecule has 0 saturated heterocycles. The zero-order chi connectivity index (χ0) is 16.2. The summed E-state index contributed by atoms with van der Waals surface area (Å²) in [5.41, 5.74) is 1.87. The molecule has 1 aliphatic rings. The van der Waals surface area contributed by atoms with E-state index in [1.165, 1.54) is 12.1 Å². The number of halogens is 1. The van der Waals surface area contributed by atoms with Crippen molar-refractivity contribution >= 4 is 32.7 Å². The predicted octanol–water partition coefficient (Wildman–Crippen LogP) is 2.26. The summed E-state index contributed by atoms with van der Waals surface area (Å²) in [4.78, 5) is 7.50. The minimum atomic E-state index is -3.77. The molecule has 0 spiro atoms. The molecule has 7 nitrogen and oxygen atoms in total. The van der Waals surface area contributed by atoms with Crippen molar-refractivity contribution in [2.45, 2.75) is 4.90 Å². The Morgan fingerprint density at radius 1 is 1.22 bits per heavy atom. The summed E-state index contributed by atoms with van der Waals surface area (Å²) in [5.74, 6) is 1.58. The number of hydrogen-bond acceptors (Lipinski definition) is 5. The number of nitrogens with two attached hydrogens (primary N) is 1. The van der Waals surface area contributed by atoms with Gasteiger partial charge in [0, 0.05) is 5.56 Å². The standard InChI is InChI=1S/C14H10ClN3O4S/c15-9-3-7(4-12-13(9)22-6-21-12)14-17-10-2-1-8(23(16,19)20)5-11(10)18-14/h1-5H,6H2,(H,17,18)(H2,16,19,20). The molecule has 0 bridgehead atoms. The summed E-state index contributed by atoms with van der Waals surface area (Å²) in [5, 5.41) is 5.55. The number of imidazole rings is 1. The van der Waals surface area contributed by atoms with Gasteiger partial charge in [0.05, 0.1) is 21.0 Å². The number of hydrogen-bond donors (Lipinski definition) is 2. The van der Waals surface area contributed by atoms with Gasteiger partial charge >= 0.3 is 0 Å². The van der Waals surface area contributed by atoms with Crippen LogP contribution >= 0.6 is 11.6 Å². The van der Waals surface area contributed by atoms with Crippen LogP contribution < -0.4 is 14.6 Å². The van der Waals surface area contributed by atoms with Crippen molar-refractivity contribution in [1.29, 1.82) is 0 Å². The second-order valence-corrected chi connectivity index (χ2v) is 6.97. The molecule has 23 heavy (non-hydrogen) atoms. The molecule has 4 rings (SSSR count). The summed E-state index contributed by atoms with van der Waals surface area (Å²) in [6.45, 7) is 0.121. The molecule has 3 aromatic rings. The number of sulfonamides is 1. The summed E-state index contributed by atoms with van der Waals surface area (Å²) in [7, 11) is -3.77. The zero-order valence-corrected chi connectivity index (χ0v) is 13.1. The Bertz CT molecular complexity index is 1050. The van der Waals surface area contributed by atoms with Crippen molar-refractivity contribution in [2.24, 2.45) is 5.14 Å². The first-order chi connectivity index (χ1) is 10.9. The van der Waals surface area contributed by atoms with Gasteiger partial charge in [0.25, 0.3) is 0 Å². The molecule has 0 saturated carbocycles. The molecule has 0 aliphatic carbocycles. The van der Waals surface area contributed by atoms with Crippen molar-refractivity contribution in [3.05, 3.63) is 35.4 Å². The highest BCUT2D eigenvalue weighted by molar-refractivity contribution is 7.89. The fourth-order valence-corrected chi connectivity index (χ4v) is 3.21. The van der Waals surface area contributed by atoms with E-state index in [2.05, 4.69) is 9.97 Å². The highest BCUT2D eigenvalue weighted by Crippen LogP contribution is 2.42. The smallest absolute Gasteiger partial charge is 0.238 e. The summed E-state index contributed by atoms with van der Waals surface area (Å²) >= 11 is 6.17. The molecule has 1 aliphatic heterocycles. The number of benzene rings is 2. The first-order valence-electron chi connectivity index (χ1n) is 6.54. The summed E-state index contributed by atoms with van der Waals surface area (Å²) in [6.07, 6.45) is 0. The number of primary sulfonamides is 1. The van der Waals surface area contributed by atoms with Crippen LogP contribution in [0.1, 0.15) is 0 Å². The largest absolute Gasteiger partial charge is 0.454 e. The van der Waals surface area contributed by atoms with Crippen molar-refractivity contribution < 1.29 is 17.9 Å². The van der Waals surface area contributed by atoms with E-state index >= 15 is 0 Å². The maximum absolute atomic E-state index is 11.4. The van der Waals surface area contributed by atoms with Gasteiger partial charge in [0.1, 0.15) is 5.82 Å². The maximum atomic E-state index is 11.4. The van der Waals surface area contributed by atoms with Gasteiger partial charge in [-0.25, -0.2) is 18.5 Å². The quantitative estimate of drug-likeness (QED) is 0.736. The minimum absolute atomic E-state index is 0.0175. The van der Waals surface area contributed by atoms with Crippen LogP contribution in [0, 0.1) is 0 Å². The molecular formula is C14H10ClN3O4S. The van der Waals surface area contributed by atoms with Crippen LogP contribution in [-0.4, -0.2) is 25.2 Å². The van der Waals surface area contributed by atoms with Crippen LogP contribution in [0.4, 0.5) is 0 Å². The number of aromatic amines is 1. The Hall–Kier alpha value is -2.29. The van der Waals surface area contributed by atoms with Crippen molar-refractivity contribution in [3.8, 4) is 22.9 Å². The average molecular weight is 352 g/mol. The highest BCUT2D eigenvalue weighted by atomic mass is 35.5. The van der Waals surface area contributed by atoms with Gasteiger partial charge in [-0.1, -0.05) is 11.6 Å². The lowest BCUT2D eigenvalue weighted by Gasteiger charge is -2.02. The van der Waals surface area contributed by atoms with E-state index in [0.29, 0.717) is 38.9 Å². The van der Waals surface area contributed by atoms with Gasteiger partial charge in [-0.3, -0.25) is 0 Å². The van der Waals surface area contributed by atoms with Gasteiger partial charge in [0.15, 0.2) is 11.5 Å². The number of nitrogens with one attached hydrogen (secondary N) is 1. The molecule has 2 aromatic carbocycles. The van der Waals surface area contributed by atoms with Gasteiger partial charge in [-0.15, -0.1) is 0 Å². The number of ether oxygens (including phenoxy) is 2. The maximum Gasteiger partial charge on any atom is 0.238 e. The number of aromatic nitrogens is 2. The number of rotatable bonds is 2. The molecule has 9 heteroatoms. The van der Waals surface area contributed by atoms with Gasteiger partial charge < -0.3 is 14.5 Å². The lowest BCUT2D eigenvalue weighted by Crippen LogP contribution is -2.11. The third kappa shape index (κ3) is 2.40. The lowest BCUT2D eigenvalue weighted by molar-refractivity contribution is 0.174. The Balaban J connectivity index is 1.85. The zero-order valence-electron chi connectivity index (χ0n) is 11.5.